The predicted octanol–water partition coefficient (Wildman–Crippen LogP) is 2.07. The van der Waals surface area contributed by atoms with E-state index in [-0.39, 0.29) is 24.4 Å². The summed E-state index contributed by atoms with van der Waals surface area (Å²) >= 11 is 0. The maximum atomic E-state index is 12.6. The molecule has 4 rings (SSSR count). The van der Waals surface area contributed by atoms with Gasteiger partial charge in [-0.2, -0.15) is 0 Å². The molecule has 1 aliphatic heterocycles. The van der Waals surface area contributed by atoms with Gasteiger partial charge in [-0.3, -0.25) is 9.59 Å². The van der Waals surface area contributed by atoms with Gasteiger partial charge in [0.1, 0.15) is 5.82 Å². The van der Waals surface area contributed by atoms with Gasteiger partial charge < -0.3 is 15.2 Å². The zero-order valence-corrected chi connectivity index (χ0v) is 15.0. The molecule has 27 heavy (non-hydrogen) atoms. The van der Waals surface area contributed by atoms with Gasteiger partial charge in [0, 0.05) is 19.4 Å². The van der Waals surface area contributed by atoms with Gasteiger partial charge in [-0.15, -0.1) is 0 Å². The highest BCUT2D eigenvalue weighted by atomic mass is 16.2. The van der Waals surface area contributed by atoms with E-state index in [4.69, 9.17) is 0 Å². The minimum atomic E-state index is -0.0979. The molecular formula is C21H22N4O2. The van der Waals surface area contributed by atoms with Crippen molar-refractivity contribution < 1.29 is 9.59 Å². The van der Waals surface area contributed by atoms with Gasteiger partial charge in [0.25, 0.3) is 0 Å². The molecule has 0 radical (unpaired) electrons. The Bertz CT molecular complexity index is 918. The molecule has 3 aromatic rings. The number of fused-ring (bicyclic) bond motifs is 1. The number of nitrogens with one attached hydrogen (secondary N) is 2. The highest BCUT2D eigenvalue weighted by Crippen LogP contribution is 2.13. The molecule has 0 spiro atoms. The van der Waals surface area contributed by atoms with Gasteiger partial charge in [0.2, 0.25) is 11.8 Å². The number of para-hydroxylation sites is 2. The van der Waals surface area contributed by atoms with Crippen molar-refractivity contribution in [2.45, 2.75) is 25.3 Å². The molecule has 1 saturated heterocycles. The van der Waals surface area contributed by atoms with E-state index in [9.17, 15) is 9.59 Å². The Balaban J connectivity index is 1.36. The Morgan fingerprint density at radius 2 is 1.89 bits per heavy atom. The second-order valence-corrected chi connectivity index (χ2v) is 6.93. The summed E-state index contributed by atoms with van der Waals surface area (Å²) in [6.45, 7) is 0.670. The van der Waals surface area contributed by atoms with Crippen LogP contribution in [0.1, 0.15) is 17.8 Å². The quantitative estimate of drug-likeness (QED) is 0.729. The lowest BCUT2D eigenvalue weighted by atomic mass is 10.0. The van der Waals surface area contributed by atoms with Crippen LogP contribution >= 0.6 is 0 Å². The fourth-order valence-electron chi connectivity index (χ4n) is 3.53. The number of aromatic nitrogens is 2. The molecule has 0 aliphatic carbocycles. The highest BCUT2D eigenvalue weighted by molar-refractivity contribution is 5.86. The van der Waals surface area contributed by atoms with E-state index in [0.29, 0.717) is 19.4 Å². The van der Waals surface area contributed by atoms with Crippen LogP contribution in [0, 0.1) is 0 Å². The Hall–Kier alpha value is -3.15. The van der Waals surface area contributed by atoms with Crippen molar-refractivity contribution in [2.75, 3.05) is 13.1 Å². The molecule has 1 fully saturated rings. The Morgan fingerprint density at radius 3 is 2.70 bits per heavy atom. The summed E-state index contributed by atoms with van der Waals surface area (Å²) in [5, 5.41) is 2.99. The maximum absolute atomic E-state index is 12.6. The number of carbonyl (C=O) groups is 2. The third-order valence-electron chi connectivity index (χ3n) is 4.83. The molecule has 2 aromatic carbocycles. The zero-order valence-electron chi connectivity index (χ0n) is 15.0. The summed E-state index contributed by atoms with van der Waals surface area (Å²) < 4.78 is 0. The highest BCUT2D eigenvalue weighted by Gasteiger charge is 2.27. The summed E-state index contributed by atoms with van der Waals surface area (Å²) in [4.78, 5) is 34.1. The first kappa shape index (κ1) is 17.3. The fraction of sp³-hybridized carbons (Fsp3) is 0.286. The van der Waals surface area contributed by atoms with Gasteiger partial charge in [0.05, 0.1) is 23.6 Å². The van der Waals surface area contributed by atoms with Crippen molar-refractivity contribution in [1.29, 1.82) is 0 Å². The van der Waals surface area contributed by atoms with Crippen LogP contribution in [0.5, 0.6) is 0 Å². The largest absolute Gasteiger partial charge is 0.350 e. The number of aryl methyl sites for hydroxylation is 1. The number of H-pyrrole nitrogens is 1. The van der Waals surface area contributed by atoms with Gasteiger partial charge in [0.15, 0.2) is 0 Å². The molecule has 0 unspecified atom stereocenters. The third kappa shape index (κ3) is 4.16. The molecule has 6 nitrogen and oxygen atoms in total. The number of imidazole rings is 1. The van der Waals surface area contributed by atoms with Crippen molar-refractivity contribution in [3.63, 3.8) is 0 Å². The number of nitrogens with zero attached hydrogens (tertiary/aromatic N) is 2. The number of hydrogen-bond donors (Lipinski definition) is 2. The van der Waals surface area contributed by atoms with Crippen molar-refractivity contribution in [3.8, 4) is 0 Å². The van der Waals surface area contributed by atoms with E-state index in [1.807, 2.05) is 54.6 Å². The molecule has 1 aromatic heterocycles. The van der Waals surface area contributed by atoms with E-state index >= 15 is 0 Å². The monoisotopic (exact) mass is 362 g/mol. The first-order valence-corrected chi connectivity index (χ1v) is 9.22. The van der Waals surface area contributed by atoms with Gasteiger partial charge in [-0.1, -0.05) is 42.5 Å². The van der Waals surface area contributed by atoms with Crippen LogP contribution in [-0.4, -0.2) is 45.8 Å². The molecule has 1 aliphatic rings. The van der Waals surface area contributed by atoms with Crippen molar-refractivity contribution in [2.24, 2.45) is 0 Å². The predicted molar refractivity (Wildman–Crippen MR) is 103 cm³/mol. The maximum Gasteiger partial charge on any atom is 0.239 e. The number of carbonyl (C=O) groups excluding carboxylic acids is 2. The molecule has 138 valence electrons. The second kappa shape index (κ2) is 7.61. The lowest BCUT2D eigenvalue weighted by molar-refractivity contribution is -0.139. The van der Waals surface area contributed by atoms with Crippen molar-refractivity contribution in [1.82, 2.24) is 20.2 Å². The van der Waals surface area contributed by atoms with Crippen LogP contribution in [0.15, 0.2) is 54.6 Å². The normalized spacial score (nSPS) is 17.1. The molecule has 2 amide bonds. The number of benzene rings is 2. The molecule has 1 atom stereocenters. The average Bonchev–Trinajstić information content (AvgIpc) is 3.09. The molecular weight excluding hydrogens is 340 g/mol. The van der Waals surface area contributed by atoms with E-state index in [2.05, 4.69) is 15.3 Å². The number of hydrogen-bond acceptors (Lipinski definition) is 3. The summed E-state index contributed by atoms with van der Waals surface area (Å²) in [5.41, 5.74) is 3.03. The lowest BCUT2D eigenvalue weighted by Crippen LogP contribution is -2.56. The summed E-state index contributed by atoms with van der Waals surface area (Å²) in [6, 6.07) is 17.8. The van der Waals surface area contributed by atoms with Crippen molar-refractivity contribution >= 4 is 22.8 Å². The Morgan fingerprint density at radius 1 is 1.11 bits per heavy atom. The van der Waals surface area contributed by atoms with Crippen LogP contribution in [0.2, 0.25) is 0 Å². The van der Waals surface area contributed by atoms with E-state index in [0.717, 1.165) is 28.8 Å². The minimum absolute atomic E-state index is 0.0108. The van der Waals surface area contributed by atoms with Crippen LogP contribution in [0.3, 0.4) is 0 Å². The van der Waals surface area contributed by atoms with Crippen LogP contribution in [-0.2, 0) is 22.4 Å². The third-order valence-corrected chi connectivity index (χ3v) is 4.83. The summed E-state index contributed by atoms with van der Waals surface area (Å²) in [7, 11) is 0. The Labute approximate surface area is 157 Å². The standard InChI is InChI=1S/C21H22N4O2/c26-20-14-25(13-16(22-20)12-15-6-2-1-3-7-15)21(27)11-10-19-23-17-8-4-5-9-18(17)24-19/h1-9,16H,10-14H2,(H,22,26)(H,23,24)/t16-/m0/s1. The zero-order chi connectivity index (χ0) is 18.6. The molecule has 6 heteroatoms. The number of rotatable bonds is 5. The van der Waals surface area contributed by atoms with Gasteiger partial charge in [-0.25, -0.2) is 4.98 Å². The average molecular weight is 362 g/mol. The van der Waals surface area contributed by atoms with Crippen LogP contribution < -0.4 is 5.32 Å². The smallest absolute Gasteiger partial charge is 0.239 e. The minimum Gasteiger partial charge on any atom is -0.350 e. The van der Waals surface area contributed by atoms with Gasteiger partial charge in [-0.05, 0) is 24.1 Å². The molecule has 0 bridgehead atoms. The molecule has 0 saturated carbocycles. The SMILES string of the molecule is O=C1CN(C(=O)CCc2nc3ccccc3[nH]2)C[C@H](Cc2ccccc2)N1. The van der Waals surface area contributed by atoms with Gasteiger partial charge >= 0.3 is 0 Å². The van der Waals surface area contributed by atoms with Crippen LogP contribution in [0.4, 0.5) is 0 Å². The second-order valence-electron chi connectivity index (χ2n) is 6.93. The van der Waals surface area contributed by atoms with E-state index < -0.39 is 0 Å². The first-order chi connectivity index (χ1) is 13.2. The number of aromatic amines is 1. The lowest BCUT2D eigenvalue weighted by Gasteiger charge is -2.33. The topological polar surface area (TPSA) is 78.1 Å². The van der Waals surface area contributed by atoms with E-state index in [1.54, 1.807) is 4.90 Å². The number of amides is 2. The fourth-order valence-corrected chi connectivity index (χ4v) is 3.53. The first-order valence-electron chi connectivity index (χ1n) is 9.22. The molecule has 2 N–H and O–H groups in total. The van der Waals surface area contributed by atoms with Crippen LogP contribution in [0.25, 0.3) is 11.0 Å². The number of piperazine rings is 1. The summed E-state index contributed by atoms with van der Waals surface area (Å²) in [6.07, 6.45) is 1.60. The molecule has 2 heterocycles. The summed E-state index contributed by atoms with van der Waals surface area (Å²) in [5.74, 6) is 0.689. The van der Waals surface area contributed by atoms with Crippen molar-refractivity contribution in [3.05, 3.63) is 66.0 Å². The Kier molecular flexibility index (Phi) is 4.87. The van der Waals surface area contributed by atoms with E-state index in [1.165, 1.54) is 0 Å².